The summed E-state index contributed by atoms with van der Waals surface area (Å²) >= 11 is 0. The number of alkyl halides is 3. The van der Waals surface area contributed by atoms with Crippen LogP contribution in [0.25, 0.3) is 11.2 Å². The molecule has 0 spiro atoms. The number of hydrogen-bond acceptors (Lipinski definition) is 10. The van der Waals surface area contributed by atoms with Crippen LogP contribution < -0.4 is 21.5 Å². The molecule has 42 heavy (non-hydrogen) atoms. The van der Waals surface area contributed by atoms with E-state index in [-0.39, 0.29) is 36.2 Å². The molecule has 2 N–H and O–H groups in total. The van der Waals surface area contributed by atoms with Crippen LogP contribution in [0.3, 0.4) is 0 Å². The van der Waals surface area contributed by atoms with Gasteiger partial charge >= 0.3 is 17.8 Å². The van der Waals surface area contributed by atoms with Gasteiger partial charge < -0.3 is 29.4 Å². The molecule has 0 saturated carbocycles. The molecule has 1 amide bonds. The summed E-state index contributed by atoms with van der Waals surface area (Å²) in [6.45, 7) is 4.21. The lowest BCUT2D eigenvalue weighted by Gasteiger charge is -2.27. The van der Waals surface area contributed by atoms with Crippen LogP contribution in [-0.2, 0) is 34.5 Å². The minimum atomic E-state index is -5.08. The molecule has 0 aromatic carbocycles. The Balaban J connectivity index is 0.000000451. The zero-order valence-electron chi connectivity index (χ0n) is 22.5. The molecule has 3 aromatic rings. The number of aromatic nitrogens is 5. The standard InChI is InChI=1S/C22H28N8O5.C2HF3O2/c1-26-19-18(20(32)30(22(26)33)13-17(31)27-5-8-34-9-6-27)29(12-16-24-3-7-35-16)21(25-19)28-4-2-14-10-23-11-15(14)28;3-2(4,5)1(6)7/h3,7,14-15,23H,2,4-6,8-13H2,1H3;(H,6,7). The predicted octanol–water partition coefficient (Wildman–Crippen LogP) is -0.777. The molecule has 0 bridgehead atoms. The second-order valence-corrected chi connectivity index (χ2v) is 10.1. The number of carbonyl (C=O) groups excluding carboxylic acids is 1. The highest BCUT2D eigenvalue weighted by atomic mass is 19.4. The van der Waals surface area contributed by atoms with Gasteiger partial charge in [0.05, 0.1) is 19.4 Å². The van der Waals surface area contributed by atoms with Crippen LogP contribution >= 0.6 is 0 Å². The highest BCUT2D eigenvalue weighted by molar-refractivity contribution is 5.78. The summed E-state index contributed by atoms with van der Waals surface area (Å²) in [5.41, 5.74) is -0.580. The fraction of sp³-hybridized carbons (Fsp3) is 0.583. The maximum Gasteiger partial charge on any atom is 0.490 e. The van der Waals surface area contributed by atoms with E-state index in [1.807, 2.05) is 0 Å². The minimum Gasteiger partial charge on any atom is -0.475 e. The summed E-state index contributed by atoms with van der Waals surface area (Å²) < 4.78 is 46.7. The molecule has 3 aliphatic heterocycles. The first-order chi connectivity index (χ1) is 20.0. The molecule has 3 saturated heterocycles. The van der Waals surface area contributed by atoms with Gasteiger partial charge in [-0.15, -0.1) is 0 Å². The van der Waals surface area contributed by atoms with Crippen molar-refractivity contribution in [1.82, 2.24) is 33.9 Å². The molecule has 2 atom stereocenters. The van der Waals surface area contributed by atoms with Crippen LogP contribution in [0.4, 0.5) is 19.1 Å². The SMILES string of the molecule is Cn1c(=O)n(CC(=O)N2CCOCC2)c(=O)c2c1nc(N1CCC3CNCC31)n2Cc1ncco1.O=C(O)C(F)(F)F. The molecule has 3 fully saturated rings. The van der Waals surface area contributed by atoms with E-state index in [4.69, 9.17) is 24.0 Å². The predicted molar refractivity (Wildman–Crippen MR) is 138 cm³/mol. The van der Waals surface area contributed by atoms with Crippen molar-refractivity contribution in [3.63, 3.8) is 0 Å². The topological polar surface area (TPSA) is 170 Å². The Morgan fingerprint density at radius 1 is 1.14 bits per heavy atom. The Bertz CT molecular complexity index is 1570. The van der Waals surface area contributed by atoms with E-state index in [1.165, 1.54) is 10.8 Å². The van der Waals surface area contributed by atoms with Gasteiger partial charge in [-0.1, -0.05) is 0 Å². The number of nitrogens with one attached hydrogen (secondary N) is 1. The smallest absolute Gasteiger partial charge is 0.475 e. The van der Waals surface area contributed by atoms with E-state index in [9.17, 15) is 27.6 Å². The van der Waals surface area contributed by atoms with Crippen molar-refractivity contribution < 1.29 is 37.0 Å². The summed E-state index contributed by atoms with van der Waals surface area (Å²) in [6, 6.07) is 0.261. The van der Waals surface area contributed by atoms with Crippen LogP contribution in [0.2, 0.25) is 0 Å². The summed E-state index contributed by atoms with van der Waals surface area (Å²) in [5, 5.41) is 10.6. The molecule has 18 heteroatoms. The van der Waals surface area contributed by atoms with Gasteiger partial charge in [-0.2, -0.15) is 18.2 Å². The molecule has 3 aromatic heterocycles. The number of carboxylic acids is 1. The van der Waals surface area contributed by atoms with Crippen LogP contribution in [0.15, 0.2) is 26.5 Å². The first-order valence-electron chi connectivity index (χ1n) is 13.2. The van der Waals surface area contributed by atoms with Crippen LogP contribution in [0.5, 0.6) is 0 Å². The van der Waals surface area contributed by atoms with Crippen molar-refractivity contribution in [3.05, 3.63) is 39.2 Å². The third-order valence-electron chi connectivity index (χ3n) is 7.59. The monoisotopic (exact) mass is 598 g/mol. The number of halogens is 3. The Labute approximate surface area is 235 Å². The van der Waals surface area contributed by atoms with E-state index in [1.54, 1.807) is 22.7 Å². The average molecular weight is 599 g/mol. The number of carboxylic acid groups (broad SMARTS) is 1. The Hall–Kier alpha value is -4.19. The number of oxazole rings is 1. The van der Waals surface area contributed by atoms with Gasteiger partial charge in [-0.25, -0.2) is 19.1 Å². The van der Waals surface area contributed by atoms with Crippen LogP contribution in [0.1, 0.15) is 12.3 Å². The number of anilines is 1. The second kappa shape index (κ2) is 11.6. The molecule has 228 valence electrons. The number of morpholine rings is 1. The van der Waals surface area contributed by atoms with Crippen molar-refractivity contribution >= 4 is 29.0 Å². The number of hydrogen-bond donors (Lipinski definition) is 2. The third-order valence-corrected chi connectivity index (χ3v) is 7.59. The maximum absolute atomic E-state index is 13.7. The molecule has 6 heterocycles. The molecular weight excluding hydrogens is 569 g/mol. The molecule has 2 unspecified atom stereocenters. The van der Waals surface area contributed by atoms with Crippen LogP contribution in [0, 0.1) is 5.92 Å². The van der Waals surface area contributed by atoms with Crippen molar-refractivity contribution in [2.45, 2.75) is 31.7 Å². The number of amides is 1. The van der Waals surface area contributed by atoms with E-state index >= 15 is 0 Å². The quantitative estimate of drug-likeness (QED) is 0.378. The van der Waals surface area contributed by atoms with Gasteiger partial charge in [0.25, 0.3) is 5.56 Å². The van der Waals surface area contributed by atoms with Gasteiger partial charge in [0, 0.05) is 45.8 Å². The molecule has 0 aliphatic carbocycles. The number of carbonyl (C=O) groups is 2. The number of rotatable bonds is 5. The first-order valence-corrected chi connectivity index (χ1v) is 13.2. The number of aliphatic carboxylic acids is 1. The molecule has 15 nitrogen and oxygen atoms in total. The summed E-state index contributed by atoms with van der Waals surface area (Å²) in [7, 11) is 1.58. The minimum absolute atomic E-state index is 0.186. The van der Waals surface area contributed by atoms with Gasteiger partial charge in [-0.3, -0.25) is 18.7 Å². The molecule has 0 radical (unpaired) electrons. The summed E-state index contributed by atoms with van der Waals surface area (Å²) in [4.78, 5) is 61.6. The lowest BCUT2D eigenvalue weighted by Crippen LogP contribution is -2.47. The number of fused-ring (bicyclic) bond motifs is 2. The highest BCUT2D eigenvalue weighted by Gasteiger charge is 2.40. The third kappa shape index (κ3) is 5.63. The summed E-state index contributed by atoms with van der Waals surface area (Å²) in [5.74, 6) is -1.50. The number of nitrogens with zero attached hydrogens (tertiary/aromatic N) is 7. The van der Waals surface area contributed by atoms with Gasteiger partial charge in [-0.05, 0) is 12.3 Å². The molecule has 6 rings (SSSR count). The number of ether oxygens (including phenoxy) is 1. The van der Waals surface area contributed by atoms with Crippen molar-refractivity contribution in [2.75, 3.05) is 50.8 Å². The van der Waals surface area contributed by atoms with Gasteiger partial charge in [0.2, 0.25) is 17.7 Å². The fourth-order valence-electron chi connectivity index (χ4n) is 5.48. The van der Waals surface area contributed by atoms with Gasteiger partial charge in [0.1, 0.15) is 19.4 Å². The Morgan fingerprint density at radius 3 is 2.50 bits per heavy atom. The van der Waals surface area contributed by atoms with E-state index < -0.39 is 23.4 Å². The van der Waals surface area contributed by atoms with E-state index in [2.05, 4.69) is 15.2 Å². The fourth-order valence-corrected chi connectivity index (χ4v) is 5.48. The normalized spacial score (nSPS) is 20.5. The second-order valence-electron chi connectivity index (χ2n) is 10.1. The Morgan fingerprint density at radius 2 is 1.86 bits per heavy atom. The molecular formula is C24H29F3N8O7. The first kappa shape index (κ1) is 29.3. The van der Waals surface area contributed by atoms with Crippen LogP contribution in [-0.4, -0.2) is 104 Å². The Kier molecular flexibility index (Phi) is 8.09. The maximum atomic E-state index is 13.7. The van der Waals surface area contributed by atoms with Crippen molar-refractivity contribution in [1.29, 1.82) is 0 Å². The van der Waals surface area contributed by atoms with E-state index in [0.29, 0.717) is 44.1 Å². The average Bonchev–Trinajstić information content (AvgIpc) is 3.76. The highest BCUT2D eigenvalue weighted by Crippen LogP contribution is 2.33. The van der Waals surface area contributed by atoms with E-state index in [0.717, 1.165) is 30.6 Å². The number of imidazole rings is 1. The lowest BCUT2D eigenvalue weighted by atomic mass is 10.1. The zero-order chi connectivity index (χ0) is 30.2. The zero-order valence-corrected chi connectivity index (χ0v) is 22.5. The van der Waals surface area contributed by atoms with Crippen molar-refractivity contribution in [2.24, 2.45) is 13.0 Å². The molecule has 3 aliphatic rings. The lowest BCUT2D eigenvalue weighted by molar-refractivity contribution is -0.192. The summed E-state index contributed by atoms with van der Waals surface area (Å²) in [6.07, 6.45) is -1.02. The number of aryl methyl sites for hydroxylation is 1. The largest absolute Gasteiger partial charge is 0.490 e. The van der Waals surface area contributed by atoms with Crippen molar-refractivity contribution in [3.8, 4) is 0 Å². The van der Waals surface area contributed by atoms with Gasteiger partial charge in [0.15, 0.2) is 11.2 Å².